The number of aliphatic hydroxyl groups is 1. The van der Waals surface area contributed by atoms with Crippen molar-refractivity contribution >= 4 is 11.3 Å². The van der Waals surface area contributed by atoms with E-state index in [2.05, 4.69) is 50.7 Å². The van der Waals surface area contributed by atoms with Crippen LogP contribution in [0.3, 0.4) is 0 Å². The number of fused-ring (bicyclic) bond motifs is 2. The molecule has 0 fully saturated rings. The average molecular weight is 293 g/mol. The van der Waals surface area contributed by atoms with E-state index in [0.29, 0.717) is 5.92 Å². The molecule has 0 bridgehead atoms. The predicted octanol–water partition coefficient (Wildman–Crippen LogP) is 2.51. The zero-order chi connectivity index (χ0) is 14.9. The maximum Gasteiger partial charge on any atom is 0.136 e. The van der Waals surface area contributed by atoms with Crippen LogP contribution in [0.1, 0.15) is 11.3 Å². The summed E-state index contributed by atoms with van der Waals surface area (Å²) in [5.41, 5.74) is 4.79. The molecule has 4 nitrogen and oxygen atoms in total. The standard InChI is InChI=1S/C18H19N3O/c22-13-14-10-15-4-1-2-6-17(15)20(11-14)12-16-5-3-7-18-19-8-9-21(16)18/h1-9,14,22H,10-13H2. The minimum absolute atomic E-state index is 0.236. The molecule has 0 amide bonds. The van der Waals surface area contributed by atoms with E-state index in [0.717, 1.165) is 25.2 Å². The maximum absolute atomic E-state index is 9.60. The summed E-state index contributed by atoms with van der Waals surface area (Å²) in [5.74, 6) is 0.303. The number of pyridine rings is 1. The van der Waals surface area contributed by atoms with Gasteiger partial charge in [-0.15, -0.1) is 0 Å². The number of aromatic nitrogens is 2. The second kappa shape index (κ2) is 5.46. The van der Waals surface area contributed by atoms with Gasteiger partial charge >= 0.3 is 0 Å². The van der Waals surface area contributed by atoms with Crippen molar-refractivity contribution in [3.63, 3.8) is 0 Å². The van der Waals surface area contributed by atoms with Crippen LogP contribution in [-0.2, 0) is 13.0 Å². The van der Waals surface area contributed by atoms with E-state index in [1.54, 1.807) is 0 Å². The Labute approximate surface area is 129 Å². The molecule has 1 aliphatic rings. The lowest BCUT2D eigenvalue weighted by atomic mass is 9.93. The first-order valence-corrected chi connectivity index (χ1v) is 7.70. The Hall–Kier alpha value is -2.33. The van der Waals surface area contributed by atoms with Gasteiger partial charge in [-0.25, -0.2) is 4.98 Å². The summed E-state index contributed by atoms with van der Waals surface area (Å²) < 4.78 is 2.13. The number of benzene rings is 1. The Balaban J connectivity index is 1.71. The van der Waals surface area contributed by atoms with Crippen LogP contribution in [0.2, 0.25) is 0 Å². The van der Waals surface area contributed by atoms with Crippen LogP contribution in [0.25, 0.3) is 5.65 Å². The highest BCUT2D eigenvalue weighted by molar-refractivity contribution is 5.56. The molecule has 3 aromatic rings. The topological polar surface area (TPSA) is 40.8 Å². The normalized spacial score (nSPS) is 17.7. The molecule has 22 heavy (non-hydrogen) atoms. The maximum atomic E-state index is 9.60. The third-order valence-corrected chi connectivity index (χ3v) is 4.44. The number of anilines is 1. The van der Waals surface area contributed by atoms with E-state index in [1.165, 1.54) is 16.9 Å². The lowest BCUT2D eigenvalue weighted by molar-refractivity contribution is 0.223. The van der Waals surface area contributed by atoms with Crippen molar-refractivity contribution < 1.29 is 5.11 Å². The highest BCUT2D eigenvalue weighted by atomic mass is 16.3. The first-order chi connectivity index (χ1) is 10.8. The molecule has 0 radical (unpaired) electrons. The van der Waals surface area contributed by atoms with Crippen LogP contribution in [-0.4, -0.2) is 27.6 Å². The summed E-state index contributed by atoms with van der Waals surface area (Å²) in [4.78, 5) is 6.72. The molecular weight excluding hydrogens is 274 g/mol. The summed E-state index contributed by atoms with van der Waals surface area (Å²) in [5, 5.41) is 9.60. The number of para-hydroxylation sites is 1. The number of aliphatic hydroxyl groups excluding tert-OH is 1. The molecule has 1 aliphatic heterocycles. The van der Waals surface area contributed by atoms with Crippen molar-refractivity contribution in [1.82, 2.24) is 9.38 Å². The zero-order valence-electron chi connectivity index (χ0n) is 12.4. The Bertz CT molecular complexity index is 796. The lowest BCUT2D eigenvalue weighted by Crippen LogP contribution is -2.36. The number of imidazole rings is 1. The molecule has 112 valence electrons. The number of hydrogen-bond acceptors (Lipinski definition) is 3. The van der Waals surface area contributed by atoms with E-state index >= 15 is 0 Å². The van der Waals surface area contributed by atoms with E-state index < -0.39 is 0 Å². The third-order valence-electron chi connectivity index (χ3n) is 4.44. The highest BCUT2D eigenvalue weighted by Gasteiger charge is 2.24. The zero-order valence-corrected chi connectivity index (χ0v) is 12.4. The quantitative estimate of drug-likeness (QED) is 0.806. The van der Waals surface area contributed by atoms with Crippen molar-refractivity contribution in [3.8, 4) is 0 Å². The third kappa shape index (κ3) is 2.25. The molecule has 2 aromatic heterocycles. The number of nitrogens with zero attached hydrogens (tertiary/aromatic N) is 3. The van der Waals surface area contributed by atoms with E-state index in [9.17, 15) is 5.11 Å². The van der Waals surface area contributed by atoms with Gasteiger partial charge < -0.3 is 14.4 Å². The smallest absolute Gasteiger partial charge is 0.136 e. The van der Waals surface area contributed by atoms with Crippen LogP contribution in [0.15, 0.2) is 54.9 Å². The molecule has 4 heteroatoms. The van der Waals surface area contributed by atoms with Gasteiger partial charge in [-0.05, 0) is 30.2 Å². The molecule has 1 aromatic carbocycles. The van der Waals surface area contributed by atoms with Crippen LogP contribution in [0, 0.1) is 5.92 Å². The summed E-state index contributed by atoms with van der Waals surface area (Å²) in [7, 11) is 0. The molecule has 0 aliphatic carbocycles. The van der Waals surface area contributed by atoms with Crippen LogP contribution in [0.4, 0.5) is 5.69 Å². The van der Waals surface area contributed by atoms with Gasteiger partial charge in [0.2, 0.25) is 0 Å². The monoisotopic (exact) mass is 293 g/mol. The van der Waals surface area contributed by atoms with Gasteiger partial charge in [0.15, 0.2) is 0 Å². The summed E-state index contributed by atoms with van der Waals surface area (Å²) in [6.07, 6.45) is 4.79. The van der Waals surface area contributed by atoms with E-state index in [-0.39, 0.29) is 6.61 Å². The summed E-state index contributed by atoms with van der Waals surface area (Å²) in [6.45, 7) is 1.94. The molecule has 0 saturated carbocycles. The number of hydrogen-bond donors (Lipinski definition) is 1. The molecule has 0 spiro atoms. The van der Waals surface area contributed by atoms with Gasteiger partial charge in [0, 0.05) is 42.8 Å². The molecule has 0 saturated heterocycles. The van der Waals surface area contributed by atoms with Crippen molar-refractivity contribution in [2.45, 2.75) is 13.0 Å². The second-order valence-corrected chi connectivity index (χ2v) is 5.93. The van der Waals surface area contributed by atoms with Crippen molar-refractivity contribution in [3.05, 3.63) is 66.1 Å². The second-order valence-electron chi connectivity index (χ2n) is 5.93. The van der Waals surface area contributed by atoms with Gasteiger partial charge in [0.1, 0.15) is 5.65 Å². The molecular formula is C18H19N3O. The minimum atomic E-state index is 0.236. The average Bonchev–Trinajstić information content (AvgIpc) is 3.04. The summed E-state index contributed by atoms with van der Waals surface area (Å²) in [6, 6.07) is 14.7. The SMILES string of the molecule is OCC1Cc2ccccc2N(Cc2cccc3nccn23)C1. The molecule has 4 rings (SSSR count). The van der Waals surface area contributed by atoms with Gasteiger partial charge in [-0.1, -0.05) is 24.3 Å². The minimum Gasteiger partial charge on any atom is -0.396 e. The Kier molecular flexibility index (Phi) is 3.31. The predicted molar refractivity (Wildman–Crippen MR) is 87.0 cm³/mol. The fourth-order valence-corrected chi connectivity index (χ4v) is 3.38. The fraction of sp³-hybridized carbons (Fsp3) is 0.278. The van der Waals surface area contributed by atoms with Crippen LogP contribution < -0.4 is 4.90 Å². The first-order valence-electron chi connectivity index (χ1n) is 7.70. The van der Waals surface area contributed by atoms with E-state index in [4.69, 9.17) is 0 Å². The van der Waals surface area contributed by atoms with Crippen molar-refractivity contribution in [1.29, 1.82) is 0 Å². The fourth-order valence-electron chi connectivity index (χ4n) is 3.38. The van der Waals surface area contributed by atoms with E-state index in [1.807, 2.05) is 18.5 Å². The molecule has 1 unspecified atom stereocenters. The van der Waals surface area contributed by atoms with Gasteiger partial charge in [-0.3, -0.25) is 0 Å². The van der Waals surface area contributed by atoms with Crippen LogP contribution in [0.5, 0.6) is 0 Å². The van der Waals surface area contributed by atoms with Crippen molar-refractivity contribution in [2.75, 3.05) is 18.1 Å². The molecule has 1 atom stereocenters. The Morgan fingerprint density at radius 2 is 2.05 bits per heavy atom. The largest absolute Gasteiger partial charge is 0.396 e. The molecule has 3 heterocycles. The van der Waals surface area contributed by atoms with Gasteiger partial charge in [0.05, 0.1) is 6.54 Å². The highest BCUT2D eigenvalue weighted by Crippen LogP contribution is 2.30. The number of rotatable bonds is 3. The Morgan fingerprint density at radius 3 is 2.95 bits per heavy atom. The van der Waals surface area contributed by atoms with Gasteiger partial charge in [-0.2, -0.15) is 0 Å². The van der Waals surface area contributed by atoms with Crippen LogP contribution >= 0.6 is 0 Å². The van der Waals surface area contributed by atoms with Crippen molar-refractivity contribution in [2.24, 2.45) is 5.92 Å². The molecule has 1 N–H and O–H groups in total. The lowest BCUT2D eigenvalue weighted by Gasteiger charge is -2.35. The van der Waals surface area contributed by atoms with Gasteiger partial charge in [0.25, 0.3) is 0 Å². The first kappa shape index (κ1) is 13.3. The Morgan fingerprint density at radius 1 is 1.14 bits per heavy atom. The summed E-state index contributed by atoms with van der Waals surface area (Å²) >= 11 is 0.